The summed E-state index contributed by atoms with van der Waals surface area (Å²) in [7, 11) is 0. The molecule has 386 valence electrons. The van der Waals surface area contributed by atoms with Crippen LogP contribution in [0.4, 0.5) is 0 Å². The highest BCUT2D eigenvalue weighted by Gasteiger charge is 2.20. The van der Waals surface area contributed by atoms with Gasteiger partial charge < -0.3 is 0 Å². The number of hydrogen-bond acceptors (Lipinski definition) is 0. The van der Waals surface area contributed by atoms with Gasteiger partial charge in [-0.2, -0.15) is 0 Å². The Hall–Kier alpha value is -2.34. The Bertz CT molecular complexity index is 1560. The number of hydrogen-bond donors (Lipinski definition) is 0. The molecule has 0 aliphatic heterocycles. The maximum Gasteiger partial charge on any atom is -0.0146 e. The minimum absolute atomic E-state index is 1.20. The van der Waals surface area contributed by atoms with E-state index in [9.17, 15) is 0 Å². The molecular formula is C68H114. The highest BCUT2D eigenvalue weighted by Crippen LogP contribution is 2.40. The Balaban J connectivity index is 2.26. The van der Waals surface area contributed by atoms with Gasteiger partial charge in [-0.15, -0.1) is 0 Å². The molecule has 0 heterocycles. The van der Waals surface area contributed by atoms with Crippen LogP contribution in [0, 0.1) is 13.8 Å². The maximum absolute atomic E-state index is 2.82. The average Bonchev–Trinajstić information content (AvgIpc) is 3.34. The van der Waals surface area contributed by atoms with Gasteiger partial charge >= 0.3 is 0 Å². The van der Waals surface area contributed by atoms with Crippen molar-refractivity contribution in [3.63, 3.8) is 0 Å². The predicted molar refractivity (Wildman–Crippen MR) is 309 cm³/mol. The first-order valence-corrected chi connectivity index (χ1v) is 30.8. The van der Waals surface area contributed by atoms with Crippen molar-refractivity contribution in [1.29, 1.82) is 0 Å². The van der Waals surface area contributed by atoms with E-state index in [0.717, 1.165) is 0 Å². The Labute approximate surface area is 426 Å². The van der Waals surface area contributed by atoms with Gasteiger partial charge in [0.15, 0.2) is 0 Å². The van der Waals surface area contributed by atoms with Crippen LogP contribution in [0.5, 0.6) is 0 Å². The van der Waals surface area contributed by atoms with Crippen LogP contribution in [-0.4, -0.2) is 0 Å². The molecule has 0 saturated heterocycles. The van der Waals surface area contributed by atoms with Crippen molar-refractivity contribution < 1.29 is 0 Å². The molecule has 3 aromatic carbocycles. The molecule has 0 aliphatic rings. The fourth-order valence-corrected chi connectivity index (χ4v) is 11.3. The molecule has 0 radical (unpaired) electrons. The number of unbranched alkanes of at least 4 members (excludes halogenated alkanes) is 30. The molecular weight excluding hydrogens is 817 g/mol. The number of benzene rings is 3. The monoisotopic (exact) mass is 931 g/mol. The lowest BCUT2D eigenvalue weighted by molar-refractivity contribution is 0.604. The quantitative estimate of drug-likeness (QED) is 0.0496. The first kappa shape index (κ1) is 60.0. The molecule has 0 spiro atoms. The summed E-state index contributed by atoms with van der Waals surface area (Å²) in [5.74, 6) is 0. The van der Waals surface area contributed by atoms with Gasteiger partial charge in [0.1, 0.15) is 0 Å². The molecule has 3 rings (SSSR count). The van der Waals surface area contributed by atoms with E-state index >= 15 is 0 Å². The first-order chi connectivity index (χ1) is 33.4. The lowest BCUT2D eigenvalue weighted by Crippen LogP contribution is -2.04. The van der Waals surface area contributed by atoms with Crippen molar-refractivity contribution in [2.45, 2.75) is 325 Å². The fourth-order valence-electron chi connectivity index (χ4n) is 11.3. The summed E-state index contributed by atoms with van der Waals surface area (Å²) >= 11 is 0. The Morgan fingerprint density at radius 2 is 0.353 bits per heavy atom. The summed E-state index contributed by atoms with van der Waals surface area (Å²) < 4.78 is 0. The van der Waals surface area contributed by atoms with Crippen LogP contribution in [0.1, 0.15) is 317 Å². The van der Waals surface area contributed by atoms with E-state index in [1.165, 1.54) is 270 Å². The molecule has 0 aliphatic carbocycles. The van der Waals surface area contributed by atoms with Gasteiger partial charge in [0.05, 0.1) is 0 Å². The summed E-state index contributed by atoms with van der Waals surface area (Å²) in [5.41, 5.74) is 19.3. The molecule has 0 amide bonds. The Morgan fingerprint density at radius 1 is 0.191 bits per heavy atom. The average molecular weight is 932 g/mol. The summed E-state index contributed by atoms with van der Waals surface area (Å²) in [6, 6.07) is 16.5. The van der Waals surface area contributed by atoms with Gasteiger partial charge in [0, 0.05) is 0 Å². The smallest absolute Gasteiger partial charge is 0.0146 e. The molecule has 0 saturated carbocycles. The molecule has 0 N–H and O–H groups in total. The van der Waals surface area contributed by atoms with Crippen molar-refractivity contribution in [2.24, 2.45) is 0 Å². The molecule has 3 aromatic rings. The van der Waals surface area contributed by atoms with E-state index in [4.69, 9.17) is 0 Å². The van der Waals surface area contributed by atoms with Crippen LogP contribution in [-0.2, 0) is 38.5 Å². The summed E-state index contributed by atoms with van der Waals surface area (Å²) in [4.78, 5) is 0. The van der Waals surface area contributed by atoms with E-state index in [2.05, 4.69) is 91.8 Å². The third-order valence-electron chi connectivity index (χ3n) is 15.8. The molecule has 68 heavy (non-hydrogen) atoms. The van der Waals surface area contributed by atoms with Crippen LogP contribution in [0.3, 0.4) is 0 Å². The molecule has 0 fully saturated rings. The van der Waals surface area contributed by atoms with Gasteiger partial charge in [-0.25, -0.2) is 0 Å². The highest BCUT2D eigenvalue weighted by molar-refractivity contribution is 5.80. The molecule has 0 aromatic heterocycles. The molecule has 0 heteroatoms. The van der Waals surface area contributed by atoms with E-state index in [1.807, 2.05) is 0 Å². The highest BCUT2D eigenvalue weighted by atomic mass is 14.2. The van der Waals surface area contributed by atoms with Crippen molar-refractivity contribution in [2.75, 3.05) is 0 Å². The zero-order chi connectivity index (χ0) is 48.9. The van der Waals surface area contributed by atoms with Crippen molar-refractivity contribution in [3.05, 3.63) is 80.9 Å². The second-order valence-electron chi connectivity index (χ2n) is 22.1. The fraction of sp³-hybridized carbons (Fsp3) is 0.735. The van der Waals surface area contributed by atoms with Crippen LogP contribution in [0.25, 0.3) is 22.3 Å². The van der Waals surface area contributed by atoms with Crippen molar-refractivity contribution >= 4 is 0 Å². The van der Waals surface area contributed by atoms with E-state index in [-0.39, 0.29) is 0 Å². The molecule has 0 unspecified atom stereocenters. The van der Waals surface area contributed by atoms with Crippen molar-refractivity contribution in [3.8, 4) is 22.3 Å². The van der Waals surface area contributed by atoms with E-state index in [1.54, 1.807) is 66.8 Å². The van der Waals surface area contributed by atoms with E-state index < -0.39 is 0 Å². The third kappa shape index (κ3) is 24.2. The second-order valence-corrected chi connectivity index (χ2v) is 22.1. The van der Waals surface area contributed by atoms with Gasteiger partial charge in [-0.3, -0.25) is 0 Å². The zero-order valence-electron chi connectivity index (χ0n) is 47.2. The van der Waals surface area contributed by atoms with Gasteiger partial charge in [0.25, 0.3) is 0 Å². The topological polar surface area (TPSA) is 0 Å². The molecule has 0 bridgehead atoms. The van der Waals surface area contributed by atoms with Crippen LogP contribution in [0.2, 0.25) is 0 Å². The normalized spacial score (nSPS) is 11.6. The second kappa shape index (κ2) is 39.3. The SMILES string of the molecule is CCCCCCCCc1cc(-c2cc(CCCCCCCC)c(-c3cc(CCCCCCCC)c(C)cc3CCCCCCCC)cc2CCCCCCCC)c(CCCCCCCC)cc1C. The molecule has 0 atom stereocenters. The lowest BCUT2D eigenvalue weighted by atomic mass is 9.81. The van der Waals surface area contributed by atoms with E-state index in [0.29, 0.717) is 0 Å². The first-order valence-electron chi connectivity index (χ1n) is 30.8. The summed E-state index contributed by atoms with van der Waals surface area (Å²) in [5, 5.41) is 0. The van der Waals surface area contributed by atoms with Crippen LogP contribution >= 0.6 is 0 Å². The minimum Gasteiger partial charge on any atom is -0.0654 e. The summed E-state index contributed by atoms with van der Waals surface area (Å²) in [6.45, 7) is 19.0. The predicted octanol–water partition coefficient (Wildman–Crippen LogP) is 23.1. The standard InChI is InChI=1S/C68H114/c1-9-15-21-27-33-39-45-59-53-65(61(51-57(59)7)47-41-35-29-23-17-11-3)67-55-64(50-44-38-32-26-20-14-6)68(56-63(67)49-43-37-31-25-19-13-5)66-54-60(46-40-34-28-22-16-10-2)58(8)52-62(66)48-42-36-30-24-18-12-4/h51-56H,9-50H2,1-8H3. The Morgan fingerprint density at radius 3 is 0.574 bits per heavy atom. The molecule has 0 nitrogen and oxygen atoms in total. The zero-order valence-corrected chi connectivity index (χ0v) is 47.2. The van der Waals surface area contributed by atoms with Crippen molar-refractivity contribution in [1.82, 2.24) is 0 Å². The minimum atomic E-state index is 1.20. The van der Waals surface area contributed by atoms with Crippen LogP contribution < -0.4 is 0 Å². The van der Waals surface area contributed by atoms with Gasteiger partial charge in [-0.05, 0) is 158 Å². The largest absolute Gasteiger partial charge is 0.0654 e. The number of rotatable bonds is 44. The van der Waals surface area contributed by atoms with Gasteiger partial charge in [0.2, 0.25) is 0 Å². The third-order valence-corrected chi connectivity index (χ3v) is 15.8. The Kier molecular flexibility index (Phi) is 34.7. The van der Waals surface area contributed by atoms with Gasteiger partial charge in [-0.1, -0.05) is 271 Å². The van der Waals surface area contributed by atoms with Crippen LogP contribution in [0.15, 0.2) is 36.4 Å². The lowest BCUT2D eigenvalue weighted by Gasteiger charge is -2.23. The summed E-state index contributed by atoms with van der Waals surface area (Å²) in [6.07, 6.45) is 56.3. The maximum atomic E-state index is 2.82. The number of aryl methyl sites for hydroxylation is 8.